The Bertz CT molecular complexity index is 1160. The fourth-order valence-corrected chi connectivity index (χ4v) is 2.84. The third-order valence-electron chi connectivity index (χ3n) is 4.40. The van der Waals surface area contributed by atoms with Crippen molar-refractivity contribution >= 4 is 23.8 Å². The molecule has 32 heavy (non-hydrogen) atoms. The Balaban J connectivity index is 1.51. The summed E-state index contributed by atoms with van der Waals surface area (Å²) in [7, 11) is 0. The highest BCUT2D eigenvalue weighted by atomic mass is 16.6. The van der Waals surface area contributed by atoms with Gasteiger partial charge in [0.15, 0.2) is 0 Å². The highest BCUT2D eigenvalue weighted by Gasteiger charge is 2.15. The number of nitrogens with one attached hydrogen (secondary N) is 1. The molecule has 2 N–H and O–H groups in total. The number of nitrogens with zero attached hydrogens (tertiary/aromatic N) is 2. The number of carboxylic acid groups (broad SMARTS) is 1. The first-order valence-electron chi connectivity index (χ1n) is 9.51. The molecule has 1 amide bonds. The molecule has 0 fully saturated rings. The lowest BCUT2D eigenvalue weighted by Crippen LogP contribution is -2.20. The number of ether oxygens (including phenoxy) is 1. The normalized spacial score (nSPS) is 10.6. The molecule has 0 saturated heterocycles. The van der Waals surface area contributed by atoms with E-state index in [1.165, 1.54) is 30.5 Å². The molecule has 0 radical (unpaired) electrons. The maximum absolute atomic E-state index is 12.0. The SMILES string of the molecule is O=C(Cc1ccccc1[N+](=O)[O-])NN=Cc1ccc(OCc2cccc(C(=O)O)c2)cc1. The molecule has 0 unspecified atom stereocenters. The third-order valence-corrected chi connectivity index (χ3v) is 4.40. The number of hydrogen-bond donors (Lipinski definition) is 2. The van der Waals surface area contributed by atoms with Gasteiger partial charge in [-0.2, -0.15) is 5.10 Å². The molecule has 9 nitrogen and oxygen atoms in total. The number of nitro benzene ring substituents is 1. The van der Waals surface area contributed by atoms with Gasteiger partial charge in [-0.15, -0.1) is 0 Å². The zero-order chi connectivity index (χ0) is 22.9. The van der Waals surface area contributed by atoms with Crippen molar-refractivity contribution in [2.24, 2.45) is 5.10 Å². The van der Waals surface area contributed by atoms with Crippen LogP contribution < -0.4 is 10.2 Å². The summed E-state index contributed by atoms with van der Waals surface area (Å²) < 4.78 is 5.66. The molecule has 3 aromatic rings. The fourth-order valence-electron chi connectivity index (χ4n) is 2.84. The summed E-state index contributed by atoms with van der Waals surface area (Å²) in [5.74, 6) is -0.882. The smallest absolute Gasteiger partial charge is 0.335 e. The fraction of sp³-hybridized carbons (Fsp3) is 0.0870. The summed E-state index contributed by atoms with van der Waals surface area (Å²) in [6.45, 7) is 0.218. The monoisotopic (exact) mass is 433 g/mol. The Labute approximate surface area is 183 Å². The van der Waals surface area contributed by atoms with E-state index < -0.39 is 16.8 Å². The van der Waals surface area contributed by atoms with Crippen LogP contribution in [0.15, 0.2) is 77.9 Å². The molecule has 0 heterocycles. The summed E-state index contributed by atoms with van der Waals surface area (Å²) in [5, 5.41) is 23.9. The Kier molecular flexibility index (Phi) is 7.26. The van der Waals surface area contributed by atoms with E-state index in [9.17, 15) is 19.7 Å². The number of aromatic carboxylic acids is 1. The lowest BCUT2D eigenvalue weighted by Gasteiger charge is -2.07. The summed E-state index contributed by atoms with van der Waals surface area (Å²) in [5.41, 5.74) is 4.18. The number of amides is 1. The number of carbonyl (C=O) groups is 2. The number of carboxylic acids is 1. The van der Waals surface area contributed by atoms with Crippen LogP contribution in [0.1, 0.15) is 27.0 Å². The van der Waals surface area contributed by atoms with Gasteiger partial charge >= 0.3 is 5.97 Å². The second-order valence-electron chi connectivity index (χ2n) is 6.72. The molecule has 0 bridgehead atoms. The number of carbonyl (C=O) groups excluding carboxylic acids is 1. The van der Waals surface area contributed by atoms with E-state index in [2.05, 4.69) is 10.5 Å². The second-order valence-corrected chi connectivity index (χ2v) is 6.72. The second kappa shape index (κ2) is 10.5. The molecule has 3 aromatic carbocycles. The average molecular weight is 433 g/mol. The number of rotatable bonds is 9. The molecule has 0 aromatic heterocycles. The van der Waals surface area contributed by atoms with Gasteiger partial charge in [0, 0.05) is 11.6 Å². The van der Waals surface area contributed by atoms with Gasteiger partial charge in [0.05, 0.1) is 23.1 Å². The van der Waals surface area contributed by atoms with E-state index in [1.807, 2.05) is 0 Å². The van der Waals surface area contributed by atoms with Crippen molar-refractivity contribution in [3.8, 4) is 5.75 Å². The van der Waals surface area contributed by atoms with Crippen LogP contribution in [0.25, 0.3) is 0 Å². The predicted molar refractivity (Wildman–Crippen MR) is 117 cm³/mol. The van der Waals surface area contributed by atoms with Gasteiger partial charge in [-0.3, -0.25) is 14.9 Å². The molecule has 3 rings (SSSR count). The van der Waals surface area contributed by atoms with Crippen molar-refractivity contribution in [1.82, 2.24) is 5.43 Å². The van der Waals surface area contributed by atoms with Crippen LogP contribution in [0.2, 0.25) is 0 Å². The van der Waals surface area contributed by atoms with Crippen molar-refractivity contribution in [2.75, 3.05) is 0 Å². The Morgan fingerprint density at radius 3 is 2.53 bits per heavy atom. The first-order chi connectivity index (χ1) is 15.4. The van der Waals surface area contributed by atoms with Crippen LogP contribution in [0.4, 0.5) is 5.69 Å². The van der Waals surface area contributed by atoms with Crippen LogP contribution in [0.5, 0.6) is 5.75 Å². The Morgan fingerprint density at radius 2 is 1.81 bits per heavy atom. The van der Waals surface area contributed by atoms with Crippen molar-refractivity contribution in [2.45, 2.75) is 13.0 Å². The van der Waals surface area contributed by atoms with Crippen LogP contribution in [-0.2, 0) is 17.8 Å². The number of hydrogen-bond acceptors (Lipinski definition) is 6. The minimum absolute atomic E-state index is 0.114. The molecule has 0 aliphatic heterocycles. The van der Waals surface area contributed by atoms with Gasteiger partial charge < -0.3 is 9.84 Å². The first kappa shape index (κ1) is 22.2. The quantitative estimate of drug-likeness (QED) is 0.301. The topological polar surface area (TPSA) is 131 Å². The molecular formula is C23H19N3O6. The maximum Gasteiger partial charge on any atom is 0.335 e. The van der Waals surface area contributed by atoms with Crippen LogP contribution in [0, 0.1) is 10.1 Å². The highest BCUT2D eigenvalue weighted by Crippen LogP contribution is 2.18. The van der Waals surface area contributed by atoms with Gasteiger partial charge in [-0.25, -0.2) is 10.2 Å². The van der Waals surface area contributed by atoms with Crippen molar-refractivity contribution in [3.05, 3.63) is 105 Å². The maximum atomic E-state index is 12.0. The first-order valence-corrected chi connectivity index (χ1v) is 9.51. The molecule has 0 atom stereocenters. The van der Waals surface area contributed by atoms with Crippen LogP contribution in [-0.4, -0.2) is 28.1 Å². The minimum Gasteiger partial charge on any atom is -0.489 e. The van der Waals surface area contributed by atoms with E-state index in [-0.39, 0.29) is 24.3 Å². The van der Waals surface area contributed by atoms with Gasteiger partial charge in [0.25, 0.3) is 5.69 Å². The standard InChI is InChI=1S/C23H19N3O6/c27-22(13-18-5-1-2-7-21(18)26(30)31)25-24-14-16-8-10-20(11-9-16)32-15-17-4-3-6-19(12-17)23(28)29/h1-12,14H,13,15H2,(H,25,27)(H,28,29). The minimum atomic E-state index is -0.996. The number of para-hydroxylation sites is 1. The van der Waals surface area contributed by atoms with Crippen molar-refractivity contribution in [1.29, 1.82) is 0 Å². The molecule has 0 spiro atoms. The van der Waals surface area contributed by atoms with E-state index in [0.29, 0.717) is 16.9 Å². The molecule has 162 valence electrons. The molecule has 9 heteroatoms. The molecule has 0 aliphatic carbocycles. The van der Waals surface area contributed by atoms with E-state index in [0.717, 1.165) is 5.56 Å². The number of nitro groups is 1. The lowest BCUT2D eigenvalue weighted by atomic mass is 10.1. The summed E-state index contributed by atoms with van der Waals surface area (Å²) in [6, 6.07) is 19.5. The summed E-state index contributed by atoms with van der Waals surface area (Å²) in [6.07, 6.45) is 1.28. The number of benzene rings is 3. The van der Waals surface area contributed by atoms with Gasteiger partial charge in [0.1, 0.15) is 12.4 Å². The zero-order valence-electron chi connectivity index (χ0n) is 16.8. The van der Waals surface area contributed by atoms with Crippen molar-refractivity contribution < 1.29 is 24.4 Å². The van der Waals surface area contributed by atoms with Crippen LogP contribution >= 0.6 is 0 Å². The summed E-state index contributed by atoms with van der Waals surface area (Å²) >= 11 is 0. The van der Waals surface area contributed by atoms with Crippen molar-refractivity contribution in [3.63, 3.8) is 0 Å². The molecule has 0 saturated carbocycles. The Morgan fingerprint density at radius 1 is 1.06 bits per heavy atom. The lowest BCUT2D eigenvalue weighted by molar-refractivity contribution is -0.385. The van der Waals surface area contributed by atoms with E-state index in [1.54, 1.807) is 48.5 Å². The molecule has 0 aliphatic rings. The number of hydrazone groups is 1. The summed E-state index contributed by atoms with van der Waals surface area (Å²) in [4.78, 5) is 33.5. The highest BCUT2D eigenvalue weighted by molar-refractivity contribution is 5.87. The zero-order valence-corrected chi connectivity index (χ0v) is 16.8. The Hall–Kier alpha value is -4.53. The average Bonchev–Trinajstić information content (AvgIpc) is 2.79. The predicted octanol–water partition coefficient (Wildman–Crippen LogP) is 3.56. The van der Waals surface area contributed by atoms with Crippen LogP contribution in [0.3, 0.4) is 0 Å². The van der Waals surface area contributed by atoms with Gasteiger partial charge in [-0.1, -0.05) is 30.3 Å². The molecular weight excluding hydrogens is 414 g/mol. The van der Waals surface area contributed by atoms with E-state index >= 15 is 0 Å². The van der Waals surface area contributed by atoms with Gasteiger partial charge in [-0.05, 0) is 47.5 Å². The third kappa shape index (κ3) is 6.23. The largest absolute Gasteiger partial charge is 0.489 e. The van der Waals surface area contributed by atoms with Gasteiger partial charge in [0.2, 0.25) is 5.91 Å². The van der Waals surface area contributed by atoms with E-state index in [4.69, 9.17) is 9.84 Å².